The Morgan fingerprint density at radius 1 is 0.514 bits per heavy atom. The van der Waals surface area contributed by atoms with Crippen LogP contribution in [-0.2, 0) is 0 Å². The molecule has 0 saturated heterocycles. The van der Waals surface area contributed by atoms with Crippen molar-refractivity contribution in [1.29, 1.82) is 0 Å². The van der Waals surface area contributed by atoms with E-state index in [9.17, 15) is 0 Å². The molecule has 1 aliphatic rings. The predicted octanol–water partition coefficient (Wildman–Crippen LogP) is 7.06. The molecule has 4 aromatic carbocycles. The van der Waals surface area contributed by atoms with Crippen molar-refractivity contribution in [2.24, 2.45) is 0 Å². The quantitative estimate of drug-likeness (QED) is 0.227. The minimum absolute atomic E-state index is 0.591. The Hall–Kier alpha value is -2.66. The summed E-state index contributed by atoms with van der Waals surface area (Å²) in [4.78, 5) is 4.92. The molecule has 1 aliphatic heterocycles. The first-order valence-corrected chi connectivity index (χ1v) is 17.4. The van der Waals surface area contributed by atoms with Gasteiger partial charge in [-0.1, -0.05) is 35.4 Å². The van der Waals surface area contributed by atoms with E-state index in [0.29, 0.717) is 0 Å². The van der Waals surface area contributed by atoms with Crippen molar-refractivity contribution in [1.82, 2.24) is 0 Å². The molecule has 0 unspecified atom stereocenters. The van der Waals surface area contributed by atoms with Crippen LogP contribution in [0.15, 0.2) is 72.8 Å². The lowest BCUT2D eigenvalue weighted by molar-refractivity contribution is 1.21. The predicted molar refractivity (Wildman–Crippen MR) is 171 cm³/mol. The van der Waals surface area contributed by atoms with Gasteiger partial charge in [0.1, 0.15) is 10.6 Å². The number of aryl methyl sites for hydroxylation is 4. The highest BCUT2D eigenvalue weighted by molar-refractivity contribution is 7.88. The van der Waals surface area contributed by atoms with Crippen molar-refractivity contribution >= 4 is 59.2 Å². The smallest absolute Gasteiger partial charge is 0.122 e. The molecule has 0 fully saturated rings. The van der Waals surface area contributed by atoms with Gasteiger partial charge in [-0.25, -0.2) is 0 Å². The maximum absolute atomic E-state index is 2.50. The molecular formula is C33H39N2P2+. The summed E-state index contributed by atoms with van der Waals surface area (Å²) in [7, 11) is 2.20. The molecule has 190 valence electrons. The van der Waals surface area contributed by atoms with Crippen LogP contribution in [0.1, 0.15) is 22.3 Å². The number of hydrogen-bond donors (Lipinski definition) is 0. The van der Waals surface area contributed by atoms with Crippen LogP contribution < -0.4 is 31.0 Å². The van der Waals surface area contributed by atoms with Crippen molar-refractivity contribution in [2.45, 2.75) is 27.7 Å². The molecule has 1 heterocycles. The molecule has 5 rings (SSSR count). The zero-order valence-electron chi connectivity index (χ0n) is 23.7. The van der Waals surface area contributed by atoms with Crippen LogP contribution in [-0.4, -0.2) is 34.1 Å². The normalized spacial score (nSPS) is 15.2. The first-order valence-electron chi connectivity index (χ1n) is 13.0. The summed E-state index contributed by atoms with van der Waals surface area (Å²) in [6.45, 7) is 16.3. The Morgan fingerprint density at radius 3 is 1.22 bits per heavy atom. The maximum Gasteiger partial charge on any atom is 0.122 e. The molecule has 0 bridgehead atoms. The van der Waals surface area contributed by atoms with Gasteiger partial charge in [-0.05, 0) is 102 Å². The minimum Gasteiger partial charge on any atom is -0.341 e. The van der Waals surface area contributed by atoms with E-state index in [-0.39, 0.29) is 0 Å². The molecule has 0 aromatic heterocycles. The zero-order chi connectivity index (χ0) is 26.6. The summed E-state index contributed by atoms with van der Waals surface area (Å²) in [6.07, 6.45) is 0. The average molecular weight is 526 g/mol. The number of fused-ring (bicyclic) bond motifs is 4. The van der Waals surface area contributed by atoms with Crippen LogP contribution in [0.25, 0.3) is 0 Å². The molecule has 0 spiro atoms. The van der Waals surface area contributed by atoms with E-state index in [2.05, 4.69) is 144 Å². The fraction of sp³-hybridized carbons (Fsp3) is 0.273. The van der Waals surface area contributed by atoms with Gasteiger partial charge in [-0.3, -0.25) is 0 Å². The van der Waals surface area contributed by atoms with Crippen molar-refractivity contribution in [3.05, 3.63) is 95.1 Å². The first-order chi connectivity index (χ1) is 17.5. The van der Waals surface area contributed by atoms with Crippen molar-refractivity contribution in [2.75, 3.05) is 43.9 Å². The first kappa shape index (κ1) is 26.0. The lowest BCUT2D eigenvalue weighted by atomic mass is 10.1. The Balaban J connectivity index is 1.92. The molecule has 0 atom stereocenters. The number of benzene rings is 4. The average Bonchev–Trinajstić information content (AvgIpc) is 2.86. The summed E-state index contributed by atoms with van der Waals surface area (Å²) in [6, 6.07) is 28.1. The third kappa shape index (κ3) is 4.50. The van der Waals surface area contributed by atoms with Gasteiger partial charge in [-0.15, -0.1) is 0 Å². The summed E-state index contributed by atoms with van der Waals surface area (Å²) >= 11 is 0. The molecule has 0 aliphatic carbocycles. The van der Waals surface area contributed by atoms with E-state index in [0.717, 1.165) is 0 Å². The molecule has 0 saturated carbocycles. The third-order valence-corrected chi connectivity index (χ3v) is 13.2. The second-order valence-corrected chi connectivity index (χ2v) is 17.1. The molecule has 4 heteroatoms. The Labute approximate surface area is 225 Å². The topological polar surface area (TPSA) is 6.48 Å². The van der Waals surface area contributed by atoms with Gasteiger partial charge in [0.05, 0.1) is 32.0 Å². The largest absolute Gasteiger partial charge is 0.341 e. The van der Waals surface area contributed by atoms with Crippen LogP contribution in [0.2, 0.25) is 0 Å². The maximum atomic E-state index is 2.50. The molecule has 0 radical (unpaired) electrons. The summed E-state index contributed by atoms with van der Waals surface area (Å²) in [5.41, 5.74) is 10.5. The van der Waals surface area contributed by atoms with Crippen LogP contribution in [0.3, 0.4) is 0 Å². The number of nitrogens with zero attached hydrogens (tertiary/aromatic N) is 2. The number of rotatable bonds is 0. The van der Waals surface area contributed by atoms with Crippen molar-refractivity contribution < 1.29 is 0 Å². The van der Waals surface area contributed by atoms with Gasteiger partial charge in [0.15, 0.2) is 0 Å². The second-order valence-electron chi connectivity index (χ2n) is 11.1. The highest BCUT2D eigenvalue weighted by atomic mass is 31.2. The monoisotopic (exact) mass is 525 g/mol. The fourth-order valence-corrected chi connectivity index (χ4v) is 10.7. The van der Waals surface area contributed by atoms with E-state index in [1.807, 2.05) is 0 Å². The van der Waals surface area contributed by atoms with Gasteiger partial charge in [-0.2, -0.15) is 0 Å². The molecule has 0 N–H and O–H groups in total. The van der Waals surface area contributed by atoms with Gasteiger partial charge >= 0.3 is 0 Å². The van der Waals surface area contributed by atoms with Crippen LogP contribution in [0.4, 0.5) is 22.7 Å². The van der Waals surface area contributed by atoms with Gasteiger partial charge < -0.3 is 9.80 Å². The van der Waals surface area contributed by atoms with Crippen LogP contribution in [0.5, 0.6) is 0 Å². The highest BCUT2D eigenvalue weighted by Crippen LogP contribution is 2.54. The van der Waals surface area contributed by atoms with E-state index in [1.165, 1.54) is 66.2 Å². The lowest BCUT2D eigenvalue weighted by Crippen LogP contribution is -2.33. The van der Waals surface area contributed by atoms with Gasteiger partial charge in [0.2, 0.25) is 0 Å². The van der Waals surface area contributed by atoms with E-state index >= 15 is 0 Å². The Bertz CT molecular complexity index is 1390. The fourth-order valence-electron chi connectivity index (χ4n) is 5.62. The van der Waals surface area contributed by atoms with Crippen molar-refractivity contribution in [3.63, 3.8) is 0 Å². The summed E-state index contributed by atoms with van der Waals surface area (Å²) in [5, 5.41) is 5.80. The molecular weight excluding hydrogens is 486 g/mol. The summed E-state index contributed by atoms with van der Waals surface area (Å²) < 4.78 is 0. The lowest BCUT2D eigenvalue weighted by Gasteiger charge is -2.34. The van der Waals surface area contributed by atoms with Crippen LogP contribution in [0, 0.1) is 27.7 Å². The number of hydrogen-bond acceptors (Lipinski definition) is 2. The highest BCUT2D eigenvalue weighted by Gasteiger charge is 2.39. The molecule has 2 nitrogen and oxygen atoms in total. The van der Waals surface area contributed by atoms with Crippen molar-refractivity contribution in [3.8, 4) is 0 Å². The third-order valence-electron chi connectivity index (χ3n) is 7.90. The van der Waals surface area contributed by atoms with E-state index in [4.69, 9.17) is 0 Å². The molecule has 4 aromatic rings. The van der Waals surface area contributed by atoms with Gasteiger partial charge in [0.25, 0.3) is 0 Å². The Kier molecular flexibility index (Phi) is 6.72. The SMILES string of the molecule is Cc1ccc2c(c1)P(C)c1cc(C)ccc1N(C)c1ccc(C)cc1[P+](C)(C)c1cc(C)ccc1N2C. The molecule has 37 heavy (non-hydrogen) atoms. The standard InChI is InChI=1S/C33H39N2P2/c1-22-10-14-26-30(18-22)36(7)31-19-23(2)11-15-27(31)35(6)29-17-13-25(4)21-33(29)37(8,9)32-20-24(3)12-16-28(32)34(26)5/h10-21H,1-9H3/q+1. The summed E-state index contributed by atoms with van der Waals surface area (Å²) in [5.74, 6) is 0. The van der Waals surface area contributed by atoms with E-state index in [1.54, 1.807) is 0 Å². The zero-order valence-corrected chi connectivity index (χ0v) is 25.5. The minimum atomic E-state index is -1.73. The van der Waals surface area contributed by atoms with Gasteiger partial charge in [0, 0.05) is 36.1 Å². The number of anilines is 4. The Morgan fingerprint density at radius 2 is 0.838 bits per heavy atom. The second kappa shape index (κ2) is 9.58. The van der Waals surface area contributed by atoms with E-state index < -0.39 is 15.2 Å². The van der Waals surface area contributed by atoms with Crippen LogP contribution >= 0.6 is 15.2 Å². The molecule has 0 amide bonds.